The third-order valence-corrected chi connectivity index (χ3v) is 4.30. The van der Waals surface area contributed by atoms with Crippen LogP contribution in [0.2, 0.25) is 0 Å². The maximum absolute atomic E-state index is 13.4. The first-order valence-corrected chi connectivity index (χ1v) is 7.21. The number of benzene rings is 2. The number of halogens is 1. The summed E-state index contributed by atoms with van der Waals surface area (Å²) in [4.78, 5) is 12.2. The first kappa shape index (κ1) is 13.1. The Kier molecular flexibility index (Phi) is 2.79. The number of carbonyl (C=O) groups is 1. The number of hydrogen-bond acceptors (Lipinski definition) is 2. The highest BCUT2D eigenvalue weighted by Crippen LogP contribution is 2.36. The van der Waals surface area contributed by atoms with Crippen LogP contribution in [0.4, 0.5) is 10.1 Å². The van der Waals surface area contributed by atoms with E-state index in [0.29, 0.717) is 12.0 Å². The Morgan fingerprint density at radius 3 is 2.91 bits per heavy atom. The number of amides is 1. The standard InChI is InChI=1S/C18H14FNO2/c1-10-13-8-11(19)6-7-16(13)22-17(10)9-14-12-4-2-3-5-15(12)20-18(14)21/h2-8,14H,9H2,1H3,(H,20,21). The molecule has 1 amide bonds. The molecule has 0 aliphatic carbocycles. The summed E-state index contributed by atoms with van der Waals surface area (Å²) in [5, 5.41) is 3.65. The van der Waals surface area contributed by atoms with Crippen LogP contribution in [0, 0.1) is 12.7 Å². The molecular weight excluding hydrogens is 281 g/mol. The summed E-state index contributed by atoms with van der Waals surface area (Å²) < 4.78 is 19.2. The number of fused-ring (bicyclic) bond motifs is 2. The Labute approximate surface area is 126 Å². The molecule has 0 saturated carbocycles. The van der Waals surface area contributed by atoms with Crippen LogP contribution >= 0.6 is 0 Å². The van der Waals surface area contributed by atoms with Crippen molar-refractivity contribution in [3.05, 3.63) is 65.2 Å². The Bertz CT molecular complexity index is 897. The molecule has 4 rings (SSSR count). The second-order valence-electron chi connectivity index (χ2n) is 5.62. The number of nitrogens with one attached hydrogen (secondary N) is 1. The van der Waals surface area contributed by atoms with Crippen LogP contribution in [-0.4, -0.2) is 5.91 Å². The molecular formula is C18H14FNO2. The van der Waals surface area contributed by atoms with Crippen molar-refractivity contribution < 1.29 is 13.6 Å². The van der Waals surface area contributed by atoms with Crippen LogP contribution < -0.4 is 5.32 Å². The maximum Gasteiger partial charge on any atom is 0.232 e. The van der Waals surface area contributed by atoms with Gasteiger partial charge in [-0.05, 0) is 42.3 Å². The zero-order chi connectivity index (χ0) is 15.3. The van der Waals surface area contributed by atoms with Gasteiger partial charge in [-0.15, -0.1) is 0 Å². The average molecular weight is 295 g/mol. The van der Waals surface area contributed by atoms with E-state index in [1.807, 2.05) is 31.2 Å². The number of hydrogen-bond donors (Lipinski definition) is 1. The SMILES string of the molecule is Cc1c(CC2C(=O)Nc3ccccc32)oc2ccc(F)cc12. The molecule has 0 radical (unpaired) electrons. The summed E-state index contributed by atoms with van der Waals surface area (Å²) in [6.45, 7) is 1.90. The first-order chi connectivity index (χ1) is 10.6. The number of anilines is 1. The zero-order valence-corrected chi connectivity index (χ0v) is 12.0. The lowest BCUT2D eigenvalue weighted by atomic mass is 9.94. The van der Waals surface area contributed by atoms with E-state index in [0.717, 1.165) is 28.0 Å². The Balaban J connectivity index is 1.75. The molecule has 2 aromatic carbocycles. The topological polar surface area (TPSA) is 42.2 Å². The highest BCUT2D eigenvalue weighted by atomic mass is 19.1. The predicted molar refractivity (Wildman–Crippen MR) is 82.4 cm³/mol. The van der Waals surface area contributed by atoms with Crippen molar-refractivity contribution in [2.45, 2.75) is 19.3 Å². The van der Waals surface area contributed by atoms with E-state index in [1.54, 1.807) is 6.07 Å². The first-order valence-electron chi connectivity index (χ1n) is 7.21. The fourth-order valence-electron chi connectivity index (χ4n) is 3.10. The number of carbonyl (C=O) groups excluding carboxylic acids is 1. The molecule has 4 heteroatoms. The van der Waals surface area contributed by atoms with Crippen molar-refractivity contribution in [2.24, 2.45) is 0 Å². The molecule has 1 aliphatic rings. The normalized spacial score (nSPS) is 16.8. The summed E-state index contributed by atoms with van der Waals surface area (Å²) in [5.41, 5.74) is 3.39. The summed E-state index contributed by atoms with van der Waals surface area (Å²) in [7, 11) is 0. The lowest BCUT2D eigenvalue weighted by Crippen LogP contribution is -2.14. The van der Waals surface area contributed by atoms with Gasteiger partial charge in [-0.2, -0.15) is 0 Å². The van der Waals surface area contributed by atoms with Crippen molar-refractivity contribution >= 4 is 22.6 Å². The molecule has 1 aliphatic heterocycles. The molecule has 3 aromatic rings. The van der Waals surface area contributed by atoms with Gasteiger partial charge >= 0.3 is 0 Å². The van der Waals surface area contributed by atoms with Crippen LogP contribution in [0.15, 0.2) is 46.9 Å². The van der Waals surface area contributed by atoms with Crippen molar-refractivity contribution in [2.75, 3.05) is 5.32 Å². The minimum absolute atomic E-state index is 0.0211. The third-order valence-electron chi connectivity index (χ3n) is 4.30. The van der Waals surface area contributed by atoms with E-state index in [-0.39, 0.29) is 17.6 Å². The highest BCUT2D eigenvalue weighted by Gasteiger charge is 2.31. The van der Waals surface area contributed by atoms with E-state index < -0.39 is 0 Å². The molecule has 1 unspecified atom stereocenters. The second kappa shape index (κ2) is 4.70. The van der Waals surface area contributed by atoms with Gasteiger partial charge < -0.3 is 9.73 Å². The monoisotopic (exact) mass is 295 g/mol. The quantitative estimate of drug-likeness (QED) is 0.771. The fourth-order valence-corrected chi connectivity index (χ4v) is 3.10. The van der Waals surface area contributed by atoms with Gasteiger partial charge in [-0.1, -0.05) is 18.2 Å². The molecule has 1 N–H and O–H groups in total. The number of rotatable bonds is 2. The molecule has 0 saturated heterocycles. The van der Waals surface area contributed by atoms with E-state index in [1.165, 1.54) is 12.1 Å². The van der Waals surface area contributed by atoms with E-state index in [9.17, 15) is 9.18 Å². The van der Waals surface area contributed by atoms with Gasteiger partial charge in [0, 0.05) is 17.5 Å². The zero-order valence-electron chi connectivity index (χ0n) is 12.0. The van der Waals surface area contributed by atoms with Gasteiger partial charge in [-0.25, -0.2) is 4.39 Å². The predicted octanol–water partition coefficient (Wildman–Crippen LogP) is 4.16. The summed E-state index contributed by atoms with van der Waals surface area (Å²) in [6, 6.07) is 12.2. The second-order valence-corrected chi connectivity index (χ2v) is 5.62. The molecule has 0 spiro atoms. The van der Waals surface area contributed by atoms with E-state index >= 15 is 0 Å². The third kappa shape index (κ3) is 1.91. The minimum atomic E-state index is -0.285. The van der Waals surface area contributed by atoms with Crippen LogP contribution in [0.3, 0.4) is 0 Å². The van der Waals surface area contributed by atoms with Gasteiger partial charge in [0.05, 0.1) is 5.92 Å². The number of aryl methyl sites for hydroxylation is 1. The fraction of sp³-hybridized carbons (Fsp3) is 0.167. The Morgan fingerprint density at radius 2 is 2.05 bits per heavy atom. The minimum Gasteiger partial charge on any atom is -0.461 e. The van der Waals surface area contributed by atoms with Crippen LogP contribution in [-0.2, 0) is 11.2 Å². The molecule has 0 bridgehead atoms. The van der Waals surface area contributed by atoms with Crippen LogP contribution in [0.1, 0.15) is 22.8 Å². The van der Waals surface area contributed by atoms with Crippen LogP contribution in [0.5, 0.6) is 0 Å². The Hall–Kier alpha value is -2.62. The smallest absolute Gasteiger partial charge is 0.232 e. The van der Waals surface area contributed by atoms with Gasteiger partial charge in [0.1, 0.15) is 17.2 Å². The van der Waals surface area contributed by atoms with Gasteiger partial charge in [0.2, 0.25) is 5.91 Å². The number of furan rings is 1. The van der Waals surface area contributed by atoms with E-state index in [2.05, 4.69) is 5.32 Å². The van der Waals surface area contributed by atoms with Crippen molar-refractivity contribution in [3.8, 4) is 0 Å². The van der Waals surface area contributed by atoms with Gasteiger partial charge in [0.25, 0.3) is 0 Å². The summed E-state index contributed by atoms with van der Waals surface area (Å²) >= 11 is 0. The largest absolute Gasteiger partial charge is 0.461 e. The molecule has 1 aromatic heterocycles. The average Bonchev–Trinajstić information content (AvgIpc) is 2.99. The molecule has 2 heterocycles. The lowest BCUT2D eigenvalue weighted by molar-refractivity contribution is -0.117. The Morgan fingerprint density at radius 1 is 1.23 bits per heavy atom. The summed E-state index contributed by atoms with van der Waals surface area (Å²) in [5.74, 6) is 0.164. The molecule has 0 fully saturated rings. The summed E-state index contributed by atoms with van der Waals surface area (Å²) in [6.07, 6.45) is 0.477. The molecule has 3 nitrogen and oxygen atoms in total. The molecule has 110 valence electrons. The van der Waals surface area contributed by atoms with E-state index in [4.69, 9.17) is 4.42 Å². The van der Waals surface area contributed by atoms with Gasteiger partial charge in [-0.3, -0.25) is 4.79 Å². The highest BCUT2D eigenvalue weighted by molar-refractivity contribution is 6.03. The number of para-hydroxylation sites is 1. The maximum atomic E-state index is 13.4. The molecule has 1 atom stereocenters. The van der Waals surface area contributed by atoms with Crippen LogP contribution in [0.25, 0.3) is 11.0 Å². The van der Waals surface area contributed by atoms with Crippen molar-refractivity contribution in [1.82, 2.24) is 0 Å². The van der Waals surface area contributed by atoms with Crippen molar-refractivity contribution in [3.63, 3.8) is 0 Å². The van der Waals surface area contributed by atoms with Crippen molar-refractivity contribution in [1.29, 1.82) is 0 Å². The molecule has 22 heavy (non-hydrogen) atoms. The lowest BCUT2D eigenvalue weighted by Gasteiger charge is -2.07. The van der Waals surface area contributed by atoms with Gasteiger partial charge in [0.15, 0.2) is 0 Å².